The summed E-state index contributed by atoms with van der Waals surface area (Å²) >= 11 is 0. The molecule has 90 valence electrons. The van der Waals surface area contributed by atoms with E-state index in [1.807, 2.05) is 6.07 Å². The lowest BCUT2D eigenvalue weighted by atomic mass is 10.3. The largest absolute Gasteiger partial charge is 0.476 e. The van der Waals surface area contributed by atoms with E-state index in [4.69, 9.17) is 5.11 Å². The second kappa shape index (κ2) is 3.66. The number of nitrogens with zero attached hydrogens (tertiary/aromatic N) is 4. The molecule has 0 atom stereocenters. The molecule has 7 heteroatoms. The molecule has 0 aliphatic carbocycles. The number of aromatic nitrogens is 5. The van der Waals surface area contributed by atoms with Crippen LogP contribution in [0.3, 0.4) is 0 Å². The molecule has 2 N–H and O–H groups in total. The molecule has 0 fully saturated rings. The van der Waals surface area contributed by atoms with Crippen LogP contribution in [0, 0.1) is 6.92 Å². The Morgan fingerprint density at radius 2 is 2.28 bits per heavy atom. The van der Waals surface area contributed by atoms with Crippen LogP contribution in [-0.2, 0) is 0 Å². The van der Waals surface area contributed by atoms with Gasteiger partial charge >= 0.3 is 5.97 Å². The first-order chi connectivity index (χ1) is 8.66. The van der Waals surface area contributed by atoms with Gasteiger partial charge in [0.25, 0.3) is 5.78 Å². The topological polar surface area (TPSA) is 96.2 Å². The monoisotopic (exact) mass is 243 g/mol. The first kappa shape index (κ1) is 10.5. The van der Waals surface area contributed by atoms with Crippen molar-refractivity contribution in [3.63, 3.8) is 0 Å². The van der Waals surface area contributed by atoms with Crippen LogP contribution >= 0.6 is 0 Å². The van der Waals surface area contributed by atoms with E-state index in [0.717, 1.165) is 5.56 Å². The summed E-state index contributed by atoms with van der Waals surface area (Å²) in [5.41, 5.74) is 1.30. The highest BCUT2D eigenvalue weighted by Crippen LogP contribution is 2.17. The van der Waals surface area contributed by atoms with Crippen molar-refractivity contribution in [2.24, 2.45) is 0 Å². The number of aromatic carboxylic acids is 1. The quantitative estimate of drug-likeness (QED) is 0.703. The van der Waals surface area contributed by atoms with E-state index in [2.05, 4.69) is 20.1 Å². The molecule has 0 aliphatic heterocycles. The maximum Gasteiger partial charge on any atom is 0.356 e. The Balaban J connectivity index is 2.21. The van der Waals surface area contributed by atoms with Gasteiger partial charge in [0, 0.05) is 18.0 Å². The predicted molar refractivity (Wildman–Crippen MR) is 62.3 cm³/mol. The number of hydrogen-bond acceptors (Lipinski definition) is 4. The molecule has 0 aromatic carbocycles. The second-order valence-electron chi connectivity index (χ2n) is 3.80. The number of rotatable bonds is 2. The van der Waals surface area contributed by atoms with Crippen LogP contribution in [0.15, 0.2) is 24.5 Å². The van der Waals surface area contributed by atoms with E-state index in [1.165, 1.54) is 4.52 Å². The summed E-state index contributed by atoms with van der Waals surface area (Å²) in [6.45, 7) is 1.63. The van der Waals surface area contributed by atoms with Crippen LogP contribution in [-0.4, -0.2) is 35.6 Å². The van der Waals surface area contributed by atoms with Crippen LogP contribution in [0.25, 0.3) is 17.2 Å². The number of carbonyl (C=O) groups is 1. The van der Waals surface area contributed by atoms with Gasteiger partial charge in [-0.05, 0) is 19.1 Å². The number of aryl methyl sites for hydroxylation is 1. The molecule has 3 heterocycles. The highest BCUT2D eigenvalue weighted by molar-refractivity contribution is 5.88. The molecular weight excluding hydrogens is 234 g/mol. The molecule has 0 saturated carbocycles. The Kier molecular flexibility index (Phi) is 2.12. The summed E-state index contributed by atoms with van der Waals surface area (Å²) in [5.74, 6) is -0.168. The maximum atomic E-state index is 11.1. The van der Waals surface area contributed by atoms with Gasteiger partial charge in [-0.3, -0.25) is 10.1 Å². The number of aromatic amines is 1. The molecule has 3 aromatic heterocycles. The van der Waals surface area contributed by atoms with Crippen molar-refractivity contribution in [3.05, 3.63) is 35.9 Å². The van der Waals surface area contributed by atoms with Gasteiger partial charge in [0.2, 0.25) is 0 Å². The van der Waals surface area contributed by atoms with Gasteiger partial charge in [0.05, 0.1) is 5.69 Å². The minimum Gasteiger partial charge on any atom is -0.476 e. The molecule has 0 saturated heterocycles. The fourth-order valence-electron chi connectivity index (χ4n) is 1.81. The van der Waals surface area contributed by atoms with Crippen LogP contribution in [0.5, 0.6) is 0 Å². The third-order valence-corrected chi connectivity index (χ3v) is 2.60. The van der Waals surface area contributed by atoms with Gasteiger partial charge in [-0.15, -0.1) is 0 Å². The fraction of sp³-hybridized carbons (Fsp3) is 0.0909. The Bertz CT molecular complexity index is 729. The van der Waals surface area contributed by atoms with Crippen molar-refractivity contribution >= 4 is 11.7 Å². The summed E-state index contributed by atoms with van der Waals surface area (Å²) in [7, 11) is 0. The number of nitrogens with one attached hydrogen (secondary N) is 1. The minimum absolute atomic E-state index is 0.0904. The van der Waals surface area contributed by atoms with Crippen LogP contribution < -0.4 is 0 Å². The molecule has 0 radical (unpaired) electrons. The molecule has 0 unspecified atom stereocenters. The summed E-state index contributed by atoms with van der Waals surface area (Å²) in [5, 5.41) is 12.0. The van der Waals surface area contributed by atoms with Gasteiger partial charge in [-0.2, -0.15) is 4.98 Å². The number of pyridine rings is 1. The highest BCUT2D eigenvalue weighted by atomic mass is 16.4. The number of carboxylic acids is 1. The summed E-state index contributed by atoms with van der Waals surface area (Å²) < 4.78 is 1.36. The Morgan fingerprint density at radius 3 is 2.94 bits per heavy atom. The van der Waals surface area contributed by atoms with Crippen LogP contribution in [0.4, 0.5) is 0 Å². The average molecular weight is 243 g/mol. The second-order valence-corrected chi connectivity index (χ2v) is 3.80. The van der Waals surface area contributed by atoms with Crippen LogP contribution in [0.1, 0.15) is 16.2 Å². The van der Waals surface area contributed by atoms with E-state index >= 15 is 0 Å². The van der Waals surface area contributed by atoms with E-state index in [0.29, 0.717) is 17.3 Å². The smallest absolute Gasteiger partial charge is 0.356 e. The van der Waals surface area contributed by atoms with Gasteiger partial charge in [-0.1, -0.05) is 0 Å². The van der Waals surface area contributed by atoms with Crippen molar-refractivity contribution in [2.45, 2.75) is 6.92 Å². The molecule has 7 nitrogen and oxygen atoms in total. The number of hydrogen-bond donors (Lipinski definition) is 2. The lowest BCUT2D eigenvalue weighted by molar-refractivity contribution is 0.0687. The summed E-state index contributed by atoms with van der Waals surface area (Å²) in [6.07, 6.45) is 3.30. The number of carboxylic acid groups (broad SMARTS) is 1. The molecule has 0 spiro atoms. The number of imidazole rings is 1. The van der Waals surface area contributed by atoms with Gasteiger partial charge in [0.1, 0.15) is 0 Å². The Labute approximate surface area is 101 Å². The molecule has 18 heavy (non-hydrogen) atoms. The van der Waals surface area contributed by atoms with Gasteiger partial charge < -0.3 is 5.11 Å². The number of H-pyrrole nitrogens is 1. The van der Waals surface area contributed by atoms with E-state index < -0.39 is 5.97 Å². The first-order valence-electron chi connectivity index (χ1n) is 5.25. The lowest BCUT2D eigenvalue weighted by Crippen LogP contribution is -2.04. The Morgan fingerprint density at radius 1 is 1.44 bits per heavy atom. The third kappa shape index (κ3) is 1.45. The van der Waals surface area contributed by atoms with Crippen molar-refractivity contribution in [1.29, 1.82) is 0 Å². The van der Waals surface area contributed by atoms with E-state index in [9.17, 15) is 4.79 Å². The van der Waals surface area contributed by atoms with Crippen molar-refractivity contribution in [1.82, 2.24) is 24.6 Å². The molecule has 3 aromatic rings. The standard InChI is InChI=1S/C11H9N5O2/c1-6-8(10(17)18)16-11(13-6)14-9(15-16)7-3-2-4-12-5-7/h2-5H,1H3,(H,17,18)(H,13,14,15). The average Bonchev–Trinajstić information content (AvgIpc) is 2.85. The van der Waals surface area contributed by atoms with Crippen molar-refractivity contribution < 1.29 is 9.90 Å². The molecule has 0 amide bonds. The maximum absolute atomic E-state index is 11.1. The van der Waals surface area contributed by atoms with Gasteiger partial charge in [-0.25, -0.2) is 14.3 Å². The summed E-state index contributed by atoms with van der Waals surface area (Å²) in [6, 6.07) is 3.61. The highest BCUT2D eigenvalue weighted by Gasteiger charge is 2.18. The zero-order chi connectivity index (χ0) is 12.7. The zero-order valence-electron chi connectivity index (χ0n) is 9.45. The zero-order valence-corrected chi connectivity index (χ0v) is 9.45. The molecule has 3 rings (SSSR count). The molecular formula is C11H9N5O2. The van der Waals surface area contributed by atoms with Crippen molar-refractivity contribution in [3.8, 4) is 11.4 Å². The normalized spacial score (nSPS) is 10.9. The Hall–Kier alpha value is -2.70. The van der Waals surface area contributed by atoms with E-state index in [-0.39, 0.29) is 5.69 Å². The first-order valence-corrected chi connectivity index (χ1v) is 5.25. The lowest BCUT2D eigenvalue weighted by Gasteiger charge is -1.95. The minimum atomic E-state index is -1.04. The summed E-state index contributed by atoms with van der Waals surface area (Å²) in [4.78, 5) is 23.4. The number of fused-ring (bicyclic) bond motifs is 1. The van der Waals surface area contributed by atoms with E-state index in [1.54, 1.807) is 25.4 Å². The molecule has 0 bridgehead atoms. The molecule has 0 aliphatic rings. The SMILES string of the molecule is Cc1nc2nc(-c3cccnc3)[nH]n2c1C(=O)O. The predicted octanol–water partition coefficient (Wildman–Crippen LogP) is 1.13. The van der Waals surface area contributed by atoms with Crippen LogP contribution in [0.2, 0.25) is 0 Å². The fourth-order valence-corrected chi connectivity index (χ4v) is 1.81. The third-order valence-electron chi connectivity index (χ3n) is 2.60. The van der Waals surface area contributed by atoms with Gasteiger partial charge in [0.15, 0.2) is 11.5 Å². The van der Waals surface area contributed by atoms with Crippen molar-refractivity contribution in [2.75, 3.05) is 0 Å².